The highest BCUT2D eigenvalue weighted by Crippen LogP contribution is 2.30. The molecule has 0 aromatic carbocycles. The normalized spacial score (nSPS) is 19.6. The lowest BCUT2D eigenvalue weighted by Gasteiger charge is -2.24. The number of nitrogens with one attached hydrogen (secondary N) is 1. The van der Waals surface area contributed by atoms with Crippen LogP contribution in [-0.2, 0) is 25.8 Å². The molecule has 1 atom stereocenters. The van der Waals surface area contributed by atoms with E-state index < -0.39 is 0 Å². The number of fused-ring (bicyclic) bond motifs is 2. The number of amides is 1. The number of carbonyl (C=O) groups excluding carboxylic acids is 1. The van der Waals surface area contributed by atoms with Crippen molar-refractivity contribution < 1.29 is 14.4 Å². The van der Waals surface area contributed by atoms with Crippen LogP contribution in [0.1, 0.15) is 64.8 Å². The molecular formula is C17H22N4O3. The number of aliphatic hydroxyl groups is 1. The van der Waals surface area contributed by atoms with Gasteiger partial charge in [0.25, 0.3) is 5.91 Å². The molecule has 0 spiro atoms. The Morgan fingerprint density at radius 1 is 1.33 bits per heavy atom. The van der Waals surface area contributed by atoms with E-state index in [2.05, 4.69) is 15.6 Å². The molecule has 7 heteroatoms. The molecule has 0 saturated heterocycles. The largest absolute Gasteiger partial charge is 0.394 e. The van der Waals surface area contributed by atoms with E-state index in [4.69, 9.17) is 9.63 Å². The van der Waals surface area contributed by atoms with Crippen molar-refractivity contribution in [3.05, 3.63) is 34.5 Å². The Bertz CT molecular complexity index is 749. The van der Waals surface area contributed by atoms with Crippen molar-refractivity contribution in [2.24, 2.45) is 0 Å². The maximum atomic E-state index is 12.7. The van der Waals surface area contributed by atoms with Gasteiger partial charge in [0.15, 0.2) is 5.69 Å². The first kappa shape index (κ1) is 15.4. The van der Waals surface area contributed by atoms with Gasteiger partial charge in [-0.05, 0) is 38.5 Å². The molecule has 0 fully saturated rings. The summed E-state index contributed by atoms with van der Waals surface area (Å²) in [4.78, 5) is 12.7. The minimum atomic E-state index is -0.158. The van der Waals surface area contributed by atoms with Crippen molar-refractivity contribution in [2.75, 3.05) is 6.61 Å². The molecule has 7 nitrogen and oxygen atoms in total. The molecule has 1 amide bonds. The monoisotopic (exact) mass is 330 g/mol. The van der Waals surface area contributed by atoms with E-state index >= 15 is 0 Å². The number of hydrogen-bond donors (Lipinski definition) is 2. The van der Waals surface area contributed by atoms with Gasteiger partial charge in [-0.15, -0.1) is 0 Å². The molecule has 2 aliphatic carbocycles. The molecule has 1 unspecified atom stereocenters. The topological polar surface area (TPSA) is 93.2 Å². The van der Waals surface area contributed by atoms with Gasteiger partial charge in [0.2, 0.25) is 0 Å². The molecule has 2 aromatic heterocycles. The van der Waals surface area contributed by atoms with Gasteiger partial charge >= 0.3 is 0 Å². The van der Waals surface area contributed by atoms with E-state index in [-0.39, 0.29) is 18.6 Å². The third-order valence-electron chi connectivity index (χ3n) is 5.05. The van der Waals surface area contributed by atoms with Crippen molar-refractivity contribution in [2.45, 2.75) is 57.5 Å². The van der Waals surface area contributed by atoms with Crippen molar-refractivity contribution in [1.82, 2.24) is 20.3 Å². The van der Waals surface area contributed by atoms with Crippen LogP contribution in [0.15, 0.2) is 10.7 Å². The zero-order valence-corrected chi connectivity index (χ0v) is 13.6. The Hall–Kier alpha value is -2.15. The summed E-state index contributed by atoms with van der Waals surface area (Å²) in [6, 6.07) is -0.0513. The molecule has 24 heavy (non-hydrogen) atoms. The zero-order valence-electron chi connectivity index (χ0n) is 13.6. The number of carbonyl (C=O) groups is 1. The van der Waals surface area contributed by atoms with Crippen LogP contribution in [0.4, 0.5) is 0 Å². The second-order valence-electron chi connectivity index (χ2n) is 6.55. The van der Waals surface area contributed by atoms with E-state index in [9.17, 15) is 4.79 Å². The van der Waals surface area contributed by atoms with Crippen molar-refractivity contribution >= 4 is 5.91 Å². The second-order valence-corrected chi connectivity index (χ2v) is 6.55. The summed E-state index contributed by atoms with van der Waals surface area (Å²) in [5.74, 6) is 0.709. The standard InChI is InChI=1S/C17H22N4O3/c22-9-8-21-14-6-3-5-13(12(14)10-18-21)19-17(23)16-11-4-1-2-7-15(11)24-20-16/h10,13,22H,1-9H2,(H,19,23). The number of hydrogen-bond acceptors (Lipinski definition) is 5. The molecule has 0 radical (unpaired) electrons. The highest BCUT2D eigenvalue weighted by Gasteiger charge is 2.29. The van der Waals surface area contributed by atoms with E-state index in [1.807, 2.05) is 10.9 Å². The lowest BCUT2D eigenvalue weighted by atomic mass is 9.92. The van der Waals surface area contributed by atoms with Gasteiger partial charge in [-0.1, -0.05) is 5.16 Å². The van der Waals surface area contributed by atoms with Crippen LogP contribution in [0.2, 0.25) is 0 Å². The average molecular weight is 330 g/mol. The quantitative estimate of drug-likeness (QED) is 0.887. The SMILES string of the molecule is O=C(NC1CCCc2c1cnn2CCO)c1noc2c1CCCC2. The number of aliphatic hydroxyl groups excluding tert-OH is 1. The Labute approximate surface area is 140 Å². The first-order chi connectivity index (χ1) is 11.8. The van der Waals surface area contributed by atoms with Gasteiger partial charge in [-0.2, -0.15) is 5.10 Å². The number of rotatable bonds is 4. The first-order valence-electron chi connectivity index (χ1n) is 8.71. The highest BCUT2D eigenvalue weighted by atomic mass is 16.5. The third kappa shape index (κ3) is 2.62. The fraction of sp³-hybridized carbons (Fsp3) is 0.588. The predicted molar refractivity (Wildman–Crippen MR) is 85.6 cm³/mol. The molecule has 2 heterocycles. The Kier molecular flexibility index (Phi) is 4.10. The lowest BCUT2D eigenvalue weighted by molar-refractivity contribution is 0.0922. The fourth-order valence-corrected chi connectivity index (χ4v) is 3.85. The third-order valence-corrected chi connectivity index (χ3v) is 5.05. The van der Waals surface area contributed by atoms with E-state index in [1.54, 1.807) is 0 Å². The molecule has 0 saturated carbocycles. The molecule has 2 N–H and O–H groups in total. The van der Waals surface area contributed by atoms with E-state index in [0.29, 0.717) is 12.2 Å². The van der Waals surface area contributed by atoms with Crippen LogP contribution in [0.3, 0.4) is 0 Å². The molecule has 0 bridgehead atoms. The van der Waals surface area contributed by atoms with E-state index in [0.717, 1.165) is 67.5 Å². The number of aromatic nitrogens is 3. The second kappa shape index (κ2) is 6.39. The molecule has 0 aliphatic heterocycles. The van der Waals surface area contributed by atoms with Crippen molar-refractivity contribution in [3.8, 4) is 0 Å². The van der Waals surface area contributed by atoms with Crippen LogP contribution in [0.5, 0.6) is 0 Å². The van der Waals surface area contributed by atoms with Gasteiger partial charge < -0.3 is 14.9 Å². The summed E-state index contributed by atoms with van der Waals surface area (Å²) in [5, 5.41) is 20.6. The maximum absolute atomic E-state index is 12.7. The zero-order chi connectivity index (χ0) is 16.5. The van der Waals surface area contributed by atoms with Crippen LogP contribution in [0.25, 0.3) is 0 Å². The Morgan fingerprint density at radius 3 is 3.08 bits per heavy atom. The van der Waals surface area contributed by atoms with Gasteiger partial charge in [0.1, 0.15) is 5.76 Å². The van der Waals surface area contributed by atoms with Gasteiger partial charge in [-0.3, -0.25) is 9.48 Å². The first-order valence-corrected chi connectivity index (χ1v) is 8.71. The maximum Gasteiger partial charge on any atom is 0.274 e. The smallest absolute Gasteiger partial charge is 0.274 e. The van der Waals surface area contributed by atoms with Gasteiger partial charge in [0, 0.05) is 23.2 Å². The summed E-state index contributed by atoms with van der Waals surface area (Å²) in [6.07, 6.45) is 8.54. The number of nitrogens with zero attached hydrogens (tertiary/aromatic N) is 3. The molecule has 2 aromatic rings. The van der Waals surface area contributed by atoms with Crippen molar-refractivity contribution in [3.63, 3.8) is 0 Å². The molecular weight excluding hydrogens is 308 g/mol. The van der Waals surface area contributed by atoms with Crippen LogP contribution in [0, 0.1) is 0 Å². The lowest BCUT2D eigenvalue weighted by Crippen LogP contribution is -2.32. The van der Waals surface area contributed by atoms with Crippen LogP contribution < -0.4 is 5.32 Å². The highest BCUT2D eigenvalue weighted by molar-refractivity contribution is 5.94. The molecule has 4 rings (SSSR count). The summed E-state index contributed by atoms with van der Waals surface area (Å²) >= 11 is 0. The minimum Gasteiger partial charge on any atom is -0.394 e. The van der Waals surface area contributed by atoms with Gasteiger partial charge in [-0.25, -0.2) is 0 Å². The summed E-state index contributed by atoms with van der Waals surface area (Å²) in [5.41, 5.74) is 3.59. The predicted octanol–water partition coefficient (Wildman–Crippen LogP) is 1.55. The minimum absolute atomic E-state index is 0.0513. The Morgan fingerprint density at radius 2 is 2.21 bits per heavy atom. The van der Waals surface area contributed by atoms with Gasteiger partial charge in [0.05, 0.1) is 25.4 Å². The van der Waals surface area contributed by atoms with Crippen molar-refractivity contribution in [1.29, 1.82) is 0 Å². The molecule has 128 valence electrons. The van der Waals surface area contributed by atoms with Crippen LogP contribution in [-0.4, -0.2) is 32.6 Å². The summed E-state index contributed by atoms with van der Waals surface area (Å²) in [6.45, 7) is 0.559. The van der Waals surface area contributed by atoms with E-state index in [1.165, 1.54) is 0 Å². The Balaban J connectivity index is 1.54. The summed E-state index contributed by atoms with van der Waals surface area (Å²) in [7, 11) is 0. The fourth-order valence-electron chi connectivity index (χ4n) is 3.85. The summed E-state index contributed by atoms with van der Waals surface area (Å²) < 4.78 is 7.19. The molecule has 2 aliphatic rings. The van der Waals surface area contributed by atoms with Crippen LogP contribution >= 0.6 is 0 Å². The average Bonchev–Trinajstić information content (AvgIpc) is 3.20. The number of aryl methyl sites for hydroxylation is 1.